The molecule has 0 amide bonds. The summed E-state index contributed by atoms with van der Waals surface area (Å²) < 4.78 is 69.3. The van der Waals surface area contributed by atoms with Crippen molar-refractivity contribution in [2.75, 3.05) is 11.9 Å². The highest BCUT2D eigenvalue weighted by atomic mass is 19.4. The zero-order valence-corrected chi connectivity index (χ0v) is 10.6. The average Bonchev–Trinajstić information content (AvgIpc) is 2.89. The molecule has 2 aromatic rings. The number of alkyl halides is 5. The van der Waals surface area contributed by atoms with Crippen LogP contribution in [0, 0.1) is 0 Å². The number of anilines is 1. The molecule has 0 saturated heterocycles. The van der Waals surface area contributed by atoms with Crippen molar-refractivity contribution >= 4 is 11.3 Å². The maximum absolute atomic E-state index is 13.3. The molecule has 0 fully saturated rings. The Morgan fingerprint density at radius 1 is 1.43 bits per heavy atom. The molecule has 0 spiro atoms. The fraction of sp³-hybridized carbons (Fsp3) is 0.455. The van der Waals surface area contributed by atoms with E-state index in [1.807, 2.05) is 0 Å². The number of halogens is 5. The van der Waals surface area contributed by atoms with Crippen LogP contribution < -0.4 is 10.1 Å². The van der Waals surface area contributed by atoms with Crippen LogP contribution in [0.25, 0.3) is 5.65 Å². The van der Waals surface area contributed by atoms with Gasteiger partial charge in [-0.1, -0.05) is 0 Å². The number of nitrogens with one attached hydrogen (secondary N) is 1. The molecule has 1 N–H and O–H groups in total. The van der Waals surface area contributed by atoms with E-state index in [-0.39, 0.29) is 23.6 Å². The van der Waals surface area contributed by atoms with E-state index in [0.717, 1.165) is 17.5 Å². The highest BCUT2D eigenvalue weighted by Gasteiger charge is 2.57. The number of rotatable bonds is 2. The molecule has 0 saturated carbocycles. The summed E-state index contributed by atoms with van der Waals surface area (Å²) in [5, 5.41) is 6.25. The number of hydrogen-bond donors (Lipinski definition) is 1. The number of hydrogen-bond acceptors (Lipinski definition) is 4. The Bertz CT molecular complexity index is 698. The van der Waals surface area contributed by atoms with Gasteiger partial charge >= 0.3 is 12.8 Å². The van der Waals surface area contributed by atoms with Gasteiger partial charge in [-0.2, -0.15) is 22.0 Å². The van der Waals surface area contributed by atoms with E-state index in [0.29, 0.717) is 0 Å². The summed E-state index contributed by atoms with van der Waals surface area (Å²) in [7, 11) is 0. The van der Waals surface area contributed by atoms with Crippen LogP contribution in [0.1, 0.15) is 12.6 Å². The minimum absolute atomic E-state index is 0.00331. The Kier molecular flexibility index (Phi) is 2.76. The Morgan fingerprint density at radius 3 is 2.76 bits per heavy atom. The number of nitrogens with zero attached hydrogens (tertiary/aromatic N) is 3. The highest BCUT2D eigenvalue weighted by Crippen LogP contribution is 2.47. The zero-order valence-electron chi connectivity index (χ0n) is 10.6. The van der Waals surface area contributed by atoms with Crippen molar-refractivity contribution in [3.63, 3.8) is 0 Å². The van der Waals surface area contributed by atoms with Gasteiger partial charge in [0.15, 0.2) is 5.65 Å². The van der Waals surface area contributed by atoms with E-state index < -0.39 is 24.1 Å². The molecular formula is C11H9F5N4O. The monoisotopic (exact) mass is 308 g/mol. The van der Waals surface area contributed by atoms with Crippen molar-refractivity contribution in [1.82, 2.24) is 14.6 Å². The third-order valence-corrected chi connectivity index (χ3v) is 3.45. The second-order valence-electron chi connectivity index (χ2n) is 4.83. The molecule has 1 atom stereocenters. The lowest BCUT2D eigenvalue weighted by molar-refractivity contribution is -0.181. The molecule has 114 valence electrons. The molecule has 0 bridgehead atoms. The standard InChI is InChI=1S/C11H9F5N4O/c1-10(11(14,15)16)4-18-5-3-17-6-2-7(21-9(12)13)19-20(6)8(5)10/h2-3,9,18H,4H2,1H3. The van der Waals surface area contributed by atoms with Crippen LogP contribution in [-0.2, 0) is 5.41 Å². The molecule has 5 nitrogen and oxygen atoms in total. The SMILES string of the molecule is CC1(C(F)(F)F)CNc2cnc3cc(OC(F)F)nn3c21. The molecule has 21 heavy (non-hydrogen) atoms. The first-order chi connectivity index (χ1) is 9.72. The molecule has 3 heterocycles. The normalized spacial score (nSPS) is 21.7. The first-order valence-corrected chi connectivity index (χ1v) is 5.87. The molecule has 1 unspecified atom stereocenters. The van der Waals surface area contributed by atoms with E-state index in [4.69, 9.17) is 0 Å². The number of aromatic nitrogens is 3. The second-order valence-corrected chi connectivity index (χ2v) is 4.83. The van der Waals surface area contributed by atoms with E-state index >= 15 is 0 Å². The third kappa shape index (κ3) is 1.96. The predicted octanol–water partition coefficient (Wildman–Crippen LogP) is 2.58. The van der Waals surface area contributed by atoms with Gasteiger partial charge in [-0.3, -0.25) is 0 Å². The van der Waals surface area contributed by atoms with Crippen LogP contribution in [0.15, 0.2) is 12.3 Å². The van der Waals surface area contributed by atoms with E-state index in [2.05, 4.69) is 20.1 Å². The third-order valence-electron chi connectivity index (χ3n) is 3.45. The van der Waals surface area contributed by atoms with Gasteiger partial charge in [-0.15, -0.1) is 5.10 Å². The molecule has 0 aromatic carbocycles. The molecule has 0 aliphatic carbocycles. The van der Waals surface area contributed by atoms with Crippen LogP contribution in [0.2, 0.25) is 0 Å². The Labute approximate surface area is 114 Å². The topological polar surface area (TPSA) is 51.5 Å². The largest absolute Gasteiger partial charge is 0.415 e. The van der Waals surface area contributed by atoms with E-state index in [1.54, 1.807) is 0 Å². The maximum atomic E-state index is 13.3. The summed E-state index contributed by atoms with van der Waals surface area (Å²) in [5.41, 5.74) is -2.21. The molecule has 2 aromatic heterocycles. The second kappa shape index (κ2) is 4.18. The van der Waals surface area contributed by atoms with Crippen molar-refractivity contribution in [2.45, 2.75) is 25.1 Å². The molecule has 3 rings (SSSR count). The number of ether oxygens (including phenoxy) is 1. The summed E-state index contributed by atoms with van der Waals surface area (Å²) in [4.78, 5) is 3.87. The average molecular weight is 308 g/mol. The molecule has 0 radical (unpaired) electrons. The summed E-state index contributed by atoms with van der Waals surface area (Å²) >= 11 is 0. The summed E-state index contributed by atoms with van der Waals surface area (Å²) in [6.07, 6.45) is -3.31. The molecular weight excluding hydrogens is 299 g/mol. The Morgan fingerprint density at radius 2 is 2.14 bits per heavy atom. The Balaban J connectivity index is 2.20. The smallest absolute Gasteiger partial charge is 0.401 e. The van der Waals surface area contributed by atoms with Gasteiger partial charge in [-0.05, 0) is 6.92 Å². The van der Waals surface area contributed by atoms with Crippen molar-refractivity contribution in [3.8, 4) is 5.88 Å². The summed E-state index contributed by atoms with van der Waals surface area (Å²) in [6, 6.07) is 1.06. The minimum Gasteiger partial charge on any atom is -0.415 e. The van der Waals surface area contributed by atoms with Crippen molar-refractivity contribution in [1.29, 1.82) is 0 Å². The highest BCUT2D eigenvalue weighted by molar-refractivity contribution is 5.61. The van der Waals surface area contributed by atoms with Gasteiger partial charge in [-0.25, -0.2) is 9.50 Å². The maximum Gasteiger partial charge on any atom is 0.401 e. The minimum atomic E-state index is -4.53. The fourth-order valence-electron chi connectivity index (χ4n) is 2.31. The lowest BCUT2D eigenvalue weighted by Crippen LogP contribution is -2.42. The lowest BCUT2D eigenvalue weighted by atomic mass is 9.88. The van der Waals surface area contributed by atoms with Crippen LogP contribution in [-0.4, -0.2) is 33.9 Å². The van der Waals surface area contributed by atoms with Gasteiger partial charge in [0.2, 0.25) is 5.88 Å². The predicted molar refractivity (Wildman–Crippen MR) is 61.5 cm³/mol. The first-order valence-electron chi connectivity index (χ1n) is 5.87. The van der Waals surface area contributed by atoms with Gasteiger partial charge in [0.1, 0.15) is 5.41 Å². The van der Waals surface area contributed by atoms with Crippen LogP contribution >= 0.6 is 0 Å². The zero-order chi connectivity index (χ0) is 15.4. The quantitative estimate of drug-likeness (QED) is 0.866. The summed E-state index contributed by atoms with van der Waals surface area (Å²) in [6.45, 7) is -2.48. The van der Waals surface area contributed by atoms with E-state index in [1.165, 1.54) is 6.20 Å². The van der Waals surface area contributed by atoms with Crippen molar-refractivity contribution in [2.24, 2.45) is 0 Å². The molecule has 1 aliphatic heterocycles. The molecule has 10 heteroatoms. The first kappa shape index (κ1) is 13.8. The van der Waals surface area contributed by atoms with Crippen molar-refractivity contribution < 1.29 is 26.7 Å². The lowest BCUT2D eigenvalue weighted by Gasteiger charge is -2.27. The van der Waals surface area contributed by atoms with Gasteiger partial charge in [0, 0.05) is 12.6 Å². The number of fused-ring (bicyclic) bond motifs is 3. The van der Waals surface area contributed by atoms with E-state index in [9.17, 15) is 22.0 Å². The van der Waals surface area contributed by atoms with Gasteiger partial charge < -0.3 is 10.1 Å². The van der Waals surface area contributed by atoms with Gasteiger partial charge in [0.05, 0.1) is 17.6 Å². The van der Waals surface area contributed by atoms with Crippen LogP contribution in [0.5, 0.6) is 5.88 Å². The van der Waals surface area contributed by atoms with Gasteiger partial charge in [0.25, 0.3) is 0 Å². The van der Waals surface area contributed by atoms with Crippen molar-refractivity contribution in [3.05, 3.63) is 18.0 Å². The summed E-state index contributed by atoms with van der Waals surface area (Å²) in [5.74, 6) is -0.484. The Hall–Kier alpha value is -2.13. The van der Waals surface area contributed by atoms with Crippen LogP contribution in [0.4, 0.5) is 27.6 Å². The van der Waals surface area contributed by atoms with Crippen LogP contribution in [0.3, 0.4) is 0 Å². The fourth-order valence-corrected chi connectivity index (χ4v) is 2.31. The molecule has 1 aliphatic rings.